The summed E-state index contributed by atoms with van der Waals surface area (Å²) in [6.45, 7) is 3.07. The maximum atomic E-state index is 4.34. The predicted molar refractivity (Wildman–Crippen MR) is 73.2 cm³/mol. The van der Waals surface area contributed by atoms with E-state index in [1.165, 1.54) is 5.56 Å². The highest BCUT2D eigenvalue weighted by Gasteiger charge is 2.11. The molecule has 2 rings (SSSR count). The molecule has 1 unspecified atom stereocenters. The van der Waals surface area contributed by atoms with Gasteiger partial charge in [0.1, 0.15) is 6.33 Å². The van der Waals surface area contributed by atoms with Crippen molar-refractivity contribution in [1.82, 2.24) is 15.3 Å². The van der Waals surface area contributed by atoms with Crippen LogP contribution in [0.4, 0.5) is 0 Å². The summed E-state index contributed by atoms with van der Waals surface area (Å²) in [6, 6.07) is 12.9. The molecule has 0 aliphatic heterocycles. The number of rotatable bonds is 6. The fourth-order valence-corrected chi connectivity index (χ4v) is 2.06. The summed E-state index contributed by atoms with van der Waals surface area (Å²) >= 11 is 0. The van der Waals surface area contributed by atoms with Gasteiger partial charge in [-0.1, -0.05) is 37.3 Å². The number of aryl methyl sites for hydroxylation is 1. The van der Waals surface area contributed by atoms with Gasteiger partial charge in [0.05, 0.1) is 5.69 Å². The fraction of sp³-hybridized carbons (Fsp3) is 0.333. The molecule has 0 amide bonds. The molecule has 0 fully saturated rings. The Morgan fingerprint density at radius 3 is 2.67 bits per heavy atom. The van der Waals surface area contributed by atoms with Gasteiger partial charge < -0.3 is 5.32 Å². The molecule has 0 saturated heterocycles. The van der Waals surface area contributed by atoms with Crippen molar-refractivity contribution in [2.45, 2.75) is 25.8 Å². The first-order valence-electron chi connectivity index (χ1n) is 6.43. The molecule has 0 aliphatic rings. The van der Waals surface area contributed by atoms with Crippen molar-refractivity contribution in [2.24, 2.45) is 0 Å². The van der Waals surface area contributed by atoms with Crippen LogP contribution in [-0.2, 0) is 6.42 Å². The predicted octanol–water partition coefficient (Wildman–Crippen LogP) is 2.76. The van der Waals surface area contributed by atoms with Crippen LogP contribution in [0.3, 0.4) is 0 Å². The molecule has 0 radical (unpaired) electrons. The third-order valence-electron chi connectivity index (χ3n) is 2.98. The van der Waals surface area contributed by atoms with Gasteiger partial charge in [-0.2, -0.15) is 0 Å². The minimum atomic E-state index is 0.304. The van der Waals surface area contributed by atoms with Gasteiger partial charge in [-0.3, -0.25) is 0 Å². The van der Waals surface area contributed by atoms with Crippen LogP contribution >= 0.6 is 0 Å². The summed E-state index contributed by atoms with van der Waals surface area (Å²) in [6.07, 6.45) is 5.52. The maximum Gasteiger partial charge on any atom is 0.115 e. The molecule has 1 aromatic heterocycles. The maximum absolute atomic E-state index is 4.34. The highest BCUT2D eigenvalue weighted by atomic mass is 14.9. The molecule has 94 valence electrons. The number of hydrogen-bond donors (Lipinski definition) is 1. The normalized spacial score (nSPS) is 12.3. The van der Waals surface area contributed by atoms with E-state index in [1.54, 1.807) is 12.5 Å². The Morgan fingerprint density at radius 1 is 1.17 bits per heavy atom. The Hall–Kier alpha value is -1.74. The monoisotopic (exact) mass is 241 g/mol. The second kappa shape index (κ2) is 6.87. The molecule has 18 heavy (non-hydrogen) atoms. The first-order valence-corrected chi connectivity index (χ1v) is 6.43. The van der Waals surface area contributed by atoms with Crippen LogP contribution < -0.4 is 5.32 Å². The second-order valence-corrected chi connectivity index (χ2v) is 4.27. The summed E-state index contributed by atoms with van der Waals surface area (Å²) < 4.78 is 0. The number of hydrogen-bond acceptors (Lipinski definition) is 3. The lowest BCUT2D eigenvalue weighted by Gasteiger charge is -2.17. The summed E-state index contributed by atoms with van der Waals surface area (Å²) in [5, 5.41) is 3.48. The Morgan fingerprint density at radius 2 is 2.00 bits per heavy atom. The lowest BCUT2D eigenvalue weighted by atomic mass is 10.0. The quantitative estimate of drug-likeness (QED) is 0.845. The third-order valence-corrected chi connectivity index (χ3v) is 2.98. The summed E-state index contributed by atoms with van der Waals surface area (Å²) in [5.74, 6) is 0. The summed E-state index contributed by atoms with van der Waals surface area (Å²) in [4.78, 5) is 8.30. The standard InChI is InChI=1S/C15H19N3/c1-2-17-14(15-10-11-16-12-18-15)9-8-13-6-4-3-5-7-13/h3-7,10-12,14,17H,2,8-9H2,1H3. The van der Waals surface area contributed by atoms with Gasteiger partial charge in [-0.05, 0) is 31.0 Å². The number of aromatic nitrogens is 2. The van der Waals surface area contributed by atoms with Gasteiger partial charge >= 0.3 is 0 Å². The Labute approximate surface area is 108 Å². The molecule has 0 aliphatic carbocycles. The average molecular weight is 241 g/mol. The van der Waals surface area contributed by atoms with Crippen molar-refractivity contribution >= 4 is 0 Å². The third kappa shape index (κ3) is 3.64. The van der Waals surface area contributed by atoms with Crippen LogP contribution in [-0.4, -0.2) is 16.5 Å². The number of nitrogens with one attached hydrogen (secondary N) is 1. The molecule has 0 bridgehead atoms. The molecule has 1 heterocycles. The van der Waals surface area contributed by atoms with Crippen LogP contribution in [0.25, 0.3) is 0 Å². The molecular weight excluding hydrogens is 222 g/mol. The van der Waals surface area contributed by atoms with Crippen LogP contribution in [0, 0.1) is 0 Å². The van der Waals surface area contributed by atoms with Gasteiger partial charge in [0.2, 0.25) is 0 Å². The van der Waals surface area contributed by atoms with Gasteiger partial charge in [-0.15, -0.1) is 0 Å². The first kappa shape index (κ1) is 12.7. The topological polar surface area (TPSA) is 37.8 Å². The van der Waals surface area contributed by atoms with Crippen LogP contribution in [0.15, 0.2) is 48.9 Å². The van der Waals surface area contributed by atoms with Crippen LogP contribution in [0.1, 0.15) is 30.6 Å². The molecule has 1 aromatic carbocycles. The molecule has 2 aromatic rings. The average Bonchev–Trinajstić information content (AvgIpc) is 2.45. The van der Waals surface area contributed by atoms with E-state index in [2.05, 4.69) is 52.5 Å². The zero-order valence-corrected chi connectivity index (χ0v) is 10.7. The van der Waals surface area contributed by atoms with Crippen LogP contribution in [0.5, 0.6) is 0 Å². The Balaban J connectivity index is 1.99. The molecular formula is C15H19N3. The van der Waals surface area contributed by atoms with Gasteiger partial charge in [0, 0.05) is 12.2 Å². The number of benzene rings is 1. The highest BCUT2D eigenvalue weighted by molar-refractivity contribution is 5.15. The number of nitrogens with zero attached hydrogens (tertiary/aromatic N) is 2. The van der Waals surface area contributed by atoms with E-state index in [1.807, 2.05) is 6.07 Å². The van der Waals surface area contributed by atoms with Crippen molar-refractivity contribution in [2.75, 3.05) is 6.54 Å². The van der Waals surface area contributed by atoms with E-state index in [4.69, 9.17) is 0 Å². The lowest BCUT2D eigenvalue weighted by Crippen LogP contribution is -2.22. The zero-order chi connectivity index (χ0) is 12.6. The van der Waals surface area contributed by atoms with Crippen LogP contribution in [0.2, 0.25) is 0 Å². The first-order chi connectivity index (χ1) is 8.90. The van der Waals surface area contributed by atoms with Gasteiger partial charge in [0.15, 0.2) is 0 Å². The van der Waals surface area contributed by atoms with E-state index >= 15 is 0 Å². The lowest BCUT2D eigenvalue weighted by molar-refractivity contribution is 0.503. The van der Waals surface area contributed by atoms with Crippen molar-refractivity contribution in [3.63, 3.8) is 0 Å². The largest absolute Gasteiger partial charge is 0.309 e. The van der Waals surface area contributed by atoms with E-state index in [-0.39, 0.29) is 0 Å². The highest BCUT2D eigenvalue weighted by Crippen LogP contribution is 2.16. The van der Waals surface area contributed by atoms with Gasteiger partial charge in [0.25, 0.3) is 0 Å². The smallest absolute Gasteiger partial charge is 0.115 e. The van der Waals surface area contributed by atoms with E-state index in [0.29, 0.717) is 6.04 Å². The van der Waals surface area contributed by atoms with E-state index in [9.17, 15) is 0 Å². The Bertz CT molecular complexity index is 442. The summed E-state index contributed by atoms with van der Waals surface area (Å²) in [7, 11) is 0. The van der Waals surface area contributed by atoms with E-state index in [0.717, 1.165) is 25.1 Å². The molecule has 0 spiro atoms. The summed E-state index contributed by atoms with van der Waals surface area (Å²) in [5.41, 5.74) is 2.44. The minimum Gasteiger partial charge on any atom is -0.309 e. The SMILES string of the molecule is CCNC(CCc1ccccc1)c1ccncn1. The van der Waals surface area contributed by atoms with Gasteiger partial charge in [-0.25, -0.2) is 9.97 Å². The van der Waals surface area contributed by atoms with Crippen molar-refractivity contribution < 1.29 is 0 Å². The molecule has 1 N–H and O–H groups in total. The zero-order valence-electron chi connectivity index (χ0n) is 10.7. The van der Waals surface area contributed by atoms with E-state index < -0.39 is 0 Å². The second-order valence-electron chi connectivity index (χ2n) is 4.27. The van der Waals surface area contributed by atoms with Crippen molar-refractivity contribution in [3.05, 3.63) is 60.2 Å². The fourth-order valence-electron chi connectivity index (χ4n) is 2.06. The van der Waals surface area contributed by atoms with Crippen molar-refractivity contribution in [1.29, 1.82) is 0 Å². The minimum absolute atomic E-state index is 0.304. The molecule has 3 nitrogen and oxygen atoms in total. The molecule has 1 atom stereocenters. The Kier molecular flexibility index (Phi) is 4.85. The molecule has 0 saturated carbocycles. The van der Waals surface area contributed by atoms with Crippen molar-refractivity contribution in [3.8, 4) is 0 Å². The molecule has 3 heteroatoms.